The summed E-state index contributed by atoms with van der Waals surface area (Å²) >= 11 is 0. The Morgan fingerprint density at radius 2 is 2.11 bits per heavy atom. The molecule has 0 aromatic carbocycles. The molecule has 7 heteroatoms. The number of carboxylic acids is 1. The van der Waals surface area contributed by atoms with Crippen LogP contribution in [0.15, 0.2) is 0 Å². The molecule has 0 bridgehead atoms. The van der Waals surface area contributed by atoms with Crippen LogP contribution in [-0.4, -0.2) is 71.1 Å². The second-order valence-electron chi connectivity index (χ2n) is 5.30. The van der Waals surface area contributed by atoms with E-state index >= 15 is 0 Å². The number of hydrogen-bond acceptors (Lipinski definition) is 4. The van der Waals surface area contributed by atoms with Crippen molar-refractivity contribution in [2.45, 2.75) is 25.4 Å². The van der Waals surface area contributed by atoms with Crippen LogP contribution in [0.5, 0.6) is 0 Å². The van der Waals surface area contributed by atoms with Gasteiger partial charge >= 0.3 is 5.97 Å². The standard InChI is InChI=1S/C12H18N2O5/c1-12(19-6-11(17)18)7-14(8-12)10(16)5-13-4-2-3-9(13)15/h2-8H2,1H3,(H,17,18). The molecule has 2 saturated heterocycles. The van der Waals surface area contributed by atoms with Gasteiger partial charge in [-0.05, 0) is 13.3 Å². The zero-order chi connectivity index (χ0) is 14.0. The Balaban J connectivity index is 1.75. The molecule has 2 aliphatic rings. The molecule has 2 aliphatic heterocycles. The van der Waals surface area contributed by atoms with Crippen LogP contribution in [0.1, 0.15) is 19.8 Å². The average molecular weight is 270 g/mol. The summed E-state index contributed by atoms with van der Waals surface area (Å²) in [6.07, 6.45) is 1.33. The van der Waals surface area contributed by atoms with E-state index in [1.165, 1.54) is 0 Å². The van der Waals surface area contributed by atoms with Gasteiger partial charge < -0.3 is 19.6 Å². The highest BCUT2D eigenvalue weighted by atomic mass is 16.5. The second-order valence-corrected chi connectivity index (χ2v) is 5.30. The predicted molar refractivity (Wildman–Crippen MR) is 64.4 cm³/mol. The largest absolute Gasteiger partial charge is 0.480 e. The van der Waals surface area contributed by atoms with Crippen molar-refractivity contribution in [3.8, 4) is 0 Å². The lowest BCUT2D eigenvalue weighted by atomic mass is 9.96. The van der Waals surface area contributed by atoms with Gasteiger partial charge in [0.15, 0.2) is 0 Å². The fourth-order valence-electron chi connectivity index (χ4n) is 2.40. The van der Waals surface area contributed by atoms with Gasteiger partial charge in [-0.15, -0.1) is 0 Å². The maximum Gasteiger partial charge on any atom is 0.329 e. The highest BCUT2D eigenvalue weighted by molar-refractivity contribution is 5.86. The van der Waals surface area contributed by atoms with Gasteiger partial charge in [-0.1, -0.05) is 0 Å². The summed E-state index contributed by atoms with van der Waals surface area (Å²) in [6.45, 7) is 2.94. The van der Waals surface area contributed by atoms with Crippen molar-refractivity contribution in [1.29, 1.82) is 0 Å². The summed E-state index contributed by atoms with van der Waals surface area (Å²) in [5.41, 5.74) is -0.580. The first-order valence-electron chi connectivity index (χ1n) is 6.31. The highest BCUT2D eigenvalue weighted by Gasteiger charge is 2.43. The monoisotopic (exact) mass is 270 g/mol. The number of carbonyl (C=O) groups is 3. The van der Waals surface area contributed by atoms with Crippen molar-refractivity contribution < 1.29 is 24.2 Å². The maximum atomic E-state index is 11.9. The molecule has 2 fully saturated rings. The molecule has 0 unspecified atom stereocenters. The number of rotatable bonds is 5. The Morgan fingerprint density at radius 3 is 2.63 bits per heavy atom. The Morgan fingerprint density at radius 1 is 1.42 bits per heavy atom. The number of carbonyl (C=O) groups excluding carboxylic acids is 2. The molecule has 2 amide bonds. The minimum Gasteiger partial charge on any atom is -0.480 e. The average Bonchev–Trinajstić information content (AvgIpc) is 2.68. The minimum atomic E-state index is -1.02. The lowest BCUT2D eigenvalue weighted by Crippen LogP contribution is -2.64. The van der Waals surface area contributed by atoms with Gasteiger partial charge in [-0.2, -0.15) is 0 Å². The van der Waals surface area contributed by atoms with Crippen LogP contribution in [0.2, 0.25) is 0 Å². The normalized spacial score (nSPS) is 21.4. The number of amides is 2. The van der Waals surface area contributed by atoms with E-state index < -0.39 is 11.6 Å². The molecule has 0 aromatic rings. The van der Waals surface area contributed by atoms with Crippen LogP contribution in [0.3, 0.4) is 0 Å². The molecule has 0 radical (unpaired) electrons. The van der Waals surface area contributed by atoms with Crippen molar-refractivity contribution >= 4 is 17.8 Å². The Hall–Kier alpha value is -1.63. The third kappa shape index (κ3) is 3.23. The number of aliphatic carboxylic acids is 1. The van der Waals surface area contributed by atoms with E-state index in [0.717, 1.165) is 6.42 Å². The molecule has 2 heterocycles. The number of ether oxygens (including phenoxy) is 1. The second kappa shape index (κ2) is 5.16. The fraction of sp³-hybridized carbons (Fsp3) is 0.750. The zero-order valence-electron chi connectivity index (χ0n) is 10.9. The smallest absolute Gasteiger partial charge is 0.329 e. The lowest BCUT2D eigenvalue weighted by molar-refractivity contribution is -0.174. The third-order valence-corrected chi connectivity index (χ3v) is 3.44. The molecule has 0 spiro atoms. The summed E-state index contributed by atoms with van der Waals surface area (Å²) in [5.74, 6) is -1.10. The van der Waals surface area contributed by atoms with Crippen LogP contribution < -0.4 is 0 Å². The van der Waals surface area contributed by atoms with Crippen molar-refractivity contribution in [1.82, 2.24) is 9.80 Å². The molecular formula is C12H18N2O5. The predicted octanol–water partition coefficient (Wildman–Crippen LogP) is -0.689. The summed E-state index contributed by atoms with van der Waals surface area (Å²) in [7, 11) is 0. The highest BCUT2D eigenvalue weighted by Crippen LogP contribution is 2.25. The zero-order valence-corrected chi connectivity index (χ0v) is 10.9. The van der Waals surface area contributed by atoms with Crippen molar-refractivity contribution in [3.63, 3.8) is 0 Å². The van der Waals surface area contributed by atoms with Gasteiger partial charge in [0.25, 0.3) is 0 Å². The van der Waals surface area contributed by atoms with Gasteiger partial charge in [-0.3, -0.25) is 9.59 Å². The van der Waals surface area contributed by atoms with Crippen LogP contribution in [0, 0.1) is 0 Å². The molecule has 0 saturated carbocycles. The van der Waals surface area contributed by atoms with E-state index in [-0.39, 0.29) is 25.0 Å². The Labute approximate surface area is 111 Å². The van der Waals surface area contributed by atoms with Crippen molar-refractivity contribution in [2.75, 3.05) is 32.8 Å². The van der Waals surface area contributed by atoms with E-state index in [1.807, 2.05) is 0 Å². The van der Waals surface area contributed by atoms with Gasteiger partial charge in [0, 0.05) is 13.0 Å². The van der Waals surface area contributed by atoms with Crippen LogP contribution in [-0.2, 0) is 19.1 Å². The number of carboxylic acid groups (broad SMARTS) is 1. The summed E-state index contributed by atoms with van der Waals surface area (Å²) in [4.78, 5) is 36.9. The van der Waals surface area contributed by atoms with Gasteiger partial charge in [0.2, 0.25) is 11.8 Å². The topological polar surface area (TPSA) is 87.2 Å². The van der Waals surface area contributed by atoms with Gasteiger partial charge in [0.05, 0.1) is 19.6 Å². The third-order valence-electron chi connectivity index (χ3n) is 3.44. The van der Waals surface area contributed by atoms with Crippen molar-refractivity contribution in [2.24, 2.45) is 0 Å². The Kier molecular flexibility index (Phi) is 3.75. The molecule has 0 aromatic heterocycles. The first-order valence-corrected chi connectivity index (χ1v) is 6.31. The van der Waals surface area contributed by atoms with E-state index in [0.29, 0.717) is 26.1 Å². The molecule has 19 heavy (non-hydrogen) atoms. The first kappa shape index (κ1) is 13.8. The maximum absolute atomic E-state index is 11.9. The molecule has 0 atom stereocenters. The Bertz CT molecular complexity index is 403. The SMILES string of the molecule is CC1(OCC(=O)O)CN(C(=O)CN2CCCC2=O)C1. The van der Waals surface area contributed by atoms with E-state index in [9.17, 15) is 14.4 Å². The molecular weight excluding hydrogens is 252 g/mol. The molecule has 2 rings (SSSR count). The van der Waals surface area contributed by atoms with Gasteiger partial charge in [0.1, 0.15) is 12.2 Å². The van der Waals surface area contributed by atoms with Crippen LogP contribution in [0.4, 0.5) is 0 Å². The lowest BCUT2D eigenvalue weighted by Gasteiger charge is -2.47. The minimum absolute atomic E-state index is 0.0266. The fourth-order valence-corrected chi connectivity index (χ4v) is 2.40. The van der Waals surface area contributed by atoms with Crippen LogP contribution >= 0.6 is 0 Å². The summed E-state index contributed by atoms with van der Waals surface area (Å²) < 4.78 is 5.22. The molecule has 1 N–H and O–H groups in total. The molecule has 0 aliphatic carbocycles. The summed E-state index contributed by atoms with van der Waals surface area (Å²) in [5, 5.41) is 8.54. The summed E-state index contributed by atoms with van der Waals surface area (Å²) in [6, 6.07) is 0. The number of nitrogens with zero attached hydrogens (tertiary/aromatic N) is 2. The first-order chi connectivity index (χ1) is 8.89. The van der Waals surface area contributed by atoms with Gasteiger partial charge in [-0.25, -0.2) is 4.79 Å². The van der Waals surface area contributed by atoms with Crippen molar-refractivity contribution in [3.05, 3.63) is 0 Å². The van der Waals surface area contributed by atoms with Crippen LogP contribution in [0.25, 0.3) is 0 Å². The molecule has 7 nitrogen and oxygen atoms in total. The number of likely N-dealkylation sites (tertiary alicyclic amines) is 2. The molecule has 106 valence electrons. The van der Waals surface area contributed by atoms with E-state index in [2.05, 4.69) is 0 Å². The quantitative estimate of drug-likeness (QED) is 0.714. The number of hydrogen-bond donors (Lipinski definition) is 1. The van der Waals surface area contributed by atoms with E-state index in [4.69, 9.17) is 9.84 Å². The van der Waals surface area contributed by atoms with E-state index in [1.54, 1.807) is 16.7 Å².